The van der Waals surface area contributed by atoms with E-state index in [0.717, 1.165) is 120 Å². The van der Waals surface area contributed by atoms with E-state index >= 15 is 0 Å². The summed E-state index contributed by atoms with van der Waals surface area (Å²) < 4.78 is 3.01. The fourth-order valence-electron chi connectivity index (χ4n) is 9.96. The molecule has 0 aliphatic carbocycles. The van der Waals surface area contributed by atoms with E-state index in [1.54, 1.807) is 36.8 Å². The minimum absolute atomic E-state index is 0.0121. The van der Waals surface area contributed by atoms with Gasteiger partial charge in [0.2, 0.25) is 0 Å². The normalized spacial score (nSPS) is 10.6. The molecule has 12 rings (SSSR count). The Labute approximate surface area is 541 Å². The van der Waals surface area contributed by atoms with Crippen LogP contribution in [0.5, 0.6) is 0 Å². The van der Waals surface area contributed by atoms with E-state index in [4.69, 9.17) is 15.2 Å². The summed E-state index contributed by atoms with van der Waals surface area (Å²) in [5, 5.41) is 53.6. The molecule has 18 heteroatoms. The molecular weight excluding hydrogens is 1330 g/mol. The number of rotatable bonds is 14. The van der Waals surface area contributed by atoms with Crippen molar-refractivity contribution in [3.63, 3.8) is 0 Å². The van der Waals surface area contributed by atoms with Crippen LogP contribution in [-0.2, 0) is 0 Å². The number of nitrogens with zero attached hydrogens (tertiary/aromatic N) is 4. The Morgan fingerprint density at radius 2 is 0.478 bits per heavy atom. The van der Waals surface area contributed by atoms with Crippen LogP contribution in [0.3, 0.4) is 0 Å². The van der Waals surface area contributed by atoms with Crippen LogP contribution >= 0.6 is 47.8 Å². The zero-order chi connectivity index (χ0) is 63.4. The quantitative estimate of drug-likeness (QED) is 0.0555. The van der Waals surface area contributed by atoms with Gasteiger partial charge in [-0.2, -0.15) is 0 Å². The van der Waals surface area contributed by atoms with E-state index in [1.807, 2.05) is 127 Å². The Bertz CT molecular complexity index is 4450. The van der Waals surface area contributed by atoms with Crippen molar-refractivity contribution in [2.75, 3.05) is 0 Å². The van der Waals surface area contributed by atoms with Crippen LogP contribution in [0, 0.1) is 0 Å². The van der Waals surface area contributed by atoms with Crippen LogP contribution < -0.4 is 5.46 Å². The Hall–Kier alpha value is -10.3. The van der Waals surface area contributed by atoms with Crippen LogP contribution in [0.15, 0.2) is 269 Å². The van der Waals surface area contributed by atoms with Crippen LogP contribution in [0.2, 0.25) is 0 Å². The molecule has 0 saturated heterocycles. The van der Waals surface area contributed by atoms with E-state index in [9.17, 15) is 34.5 Å². The van der Waals surface area contributed by atoms with E-state index in [0.29, 0.717) is 0 Å². The third-order valence-corrected chi connectivity index (χ3v) is 16.4. The molecule has 440 valence electrons. The molecule has 0 atom stereocenters. The number of pyridine rings is 4. The van der Waals surface area contributed by atoms with Crippen molar-refractivity contribution >= 4 is 84.2 Å². The topological polar surface area (TPSA) is 241 Å². The molecule has 0 unspecified atom stereocenters. The average Bonchev–Trinajstić information content (AvgIpc) is 1.07. The predicted octanol–water partition coefficient (Wildman–Crippen LogP) is 16.4. The summed E-state index contributed by atoms with van der Waals surface area (Å²) in [5.74, 6) is -4.33. The molecule has 0 amide bonds. The molecular formula is C72H48BBr3N4O10. The molecule has 0 radical (unpaired) electrons. The number of carboxylic acids is 4. The maximum Gasteiger partial charge on any atom is 0.490 e. The highest BCUT2D eigenvalue weighted by Gasteiger charge is 2.19. The van der Waals surface area contributed by atoms with Gasteiger partial charge in [0.25, 0.3) is 0 Å². The number of aromatic carboxylic acids is 4. The number of aromatic nitrogens is 4. The van der Waals surface area contributed by atoms with Gasteiger partial charge in [-0.25, -0.2) is 39.1 Å². The van der Waals surface area contributed by atoms with Crippen LogP contribution in [0.25, 0.3) is 100 Å². The Morgan fingerprint density at radius 1 is 0.267 bits per heavy atom. The number of hydrogen-bond donors (Lipinski definition) is 6. The van der Waals surface area contributed by atoms with E-state index in [2.05, 4.69) is 128 Å². The van der Waals surface area contributed by atoms with Gasteiger partial charge in [-0.15, -0.1) is 0 Å². The molecule has 0 saturated carbocycles. The lowest BCUT2D eigenvalue weighted by Gasteiger charge is -2.17. The summed E-state index contributed by atoms with van der Waals surface area (Å²) in [4.78, 5) is 60.2. The Balaban J connectivity index is 0.000000170. The summed E-state index contributed by atoms with van der Waals surface area (Å²) in [5.41, 5.74) is 17.7. The molecule has 6 N–H and O–H groups in total. The number of carboxylic acid groups (broad SMARTS) is 4. The van der Waals surface area contributed by atoms with Gasteiger partial charge in [-0.05, 0) is 162 Å². The number of hydrogen-bond acceptors (Lipinski definition) is 10. The van der Waals surface area contributed by atoms with Crippen LogP contribution in [0.1, 0.15) is 42.0 Å². The van der Waals surface area contributed by atoms with Crippen molar-refractivity contribution in [2.45, 2.75) is 0 Å². The van der Waals surface area contributed by atoms with Crippen molar-refractivity contribution in [1.82, 2.24) is 19.9 Å². The van der Waals surface area contributed by atoms with Crippen LogP contribution in [0.4, 0.5) is 0 Å². The molecule has 4 heterocycles. The second-order valence-electron chi connectivity index (χ2n) is 20.0. The van der Waals surface area contributed by atoms with Crippen molar-refractivity contribution < 1.29 is 49.7 Å². The van der Waals surface area contributed by atoms with Crippen LogP contribution in [-0.4, -0.2) is 81.4 Å². The van der Waals surface area contributed by atoms with Gasteiger partial charge in [-0.1, -0.05) is 199 Å². The highest BCUT2D eigenvalue weighted by atomic mass is 79.9. The molecule has 0 aliphatic heterocycles. The maximum absolute atomic E-state index is 11.4. The molecule has 0 fully saturated rings. The molecule has 14 nitrogen and oxygen atoms in total. The average molecular weight is 1380 g/mol. The fourth-order valence-corrected chi connectivity index (χ4v) is 11.5. The first-order valence-electron chi connectivity index (χ1n) is 27.5. The van der Waals surface area contributed by atoms with Gasteiger partial charge in [0, 0.05) is 60.4 Å². The van der Waals surface area contributed by atoms with Gasteiger partial charge in [0.15, 0.2) is 0 Å². The first-order chi connectivity index (χ1) is 43.5. The van der Waals surface area contributed by atoms with Gasteiger partial charge in [0.1, 0.15) is 22.8 Å². The van der Waals surface area contributed by atoms with E-state index in [1.165, 1.54) is 24.3 Å². The third kappa shape index (κ3) is 14.8. The summed E-state index contributed by atoms with van der Waals surface area (Å²) in [6.45, 7) is 0. The highest BCUT2D eigenvalue weighted by molar-refractivity contribution is 9.11. The Kier molecular flexibility index (Phi) is 20.0. The molecule has 0 spiro atoms. The summed E-state index contributed by atoms with van der Waals surface area (Å²) >= 11 is 11.1. The molecule has 0 aliphatic rings. The minimum atomic E-state index is -1.61. The molecule has 90 heavy (non-hydrogen) atoms. The van der Waals surface area contributed by atoms with Crippen molar-refractivity contribution in [3.8, 4) is 100 Å². The second-order valence-corrected chi connectivity index (χ2v) is 22.6. The van der Waals surface area contributed by atoms with Crippen molar-refractivity contribution in [1.29, 1.82) is 0 Å². The van der Waals surface area contributed by atoms with Crippen molar-refractivity contribution in [2.24, 2.45) is 0 Å². The molecule has 12 aromatic rings. The van der Waals surface area contributed by atoms with E-state index in [-0.39, 0.29) is 28.2 Å². The smallest absolute Gasteiger partial charge is 0.477 e. The molecule has 8 aromatic carbocycles. The third-order valence-electron chi connectivity index (χ3n) is 14.3. The lowest BCUT2D eigenvalue weighted by molar-refractivity contribution is 0.0680. The summed E-state index contributed by atoms with van der Waals surface area (Å²) in [6, 6.07) is 73.9. The summed E-state index contributed by atoms with van der Waals surface area (Å²) in [6.07, 6.45) is 5.90. The lowest BCUT2D eigenvalue weighted by Crippen LogP contribution is -2.30. The molecule has 4 aromatic heterocycles. The minimum Gasteiger partial charge on any atom is -0.477 e. The number of carbonyl (C=O) groups is 4. The fraction of sp³-hybridized carbons (Fsp3) is 0. The van der Waals surface area contributed by atoms with Gasteiger partial charge >= 0.3 is 31.0 Å². The number of benzene rings is 8. The SMILES string of the molecule is O=C(O)c1ccc(-c2ccccc2-c2cc(-c3ccccc3Br)cc(-c3ccccc3-c3ccc(C(=O)O)nc3)c2)cn1.O=C(O)c1ccc(-c2ccccc2-c2cc(-c3ccccc3Br)cc(-c3ccccc3Br)c2)cn1.O=C(O)c1ccc(B(O)O)cn1. The standard InChI is InChI=1S/C36H23BrN2O4.C30H19Br2NO2.C6H6BNO4/c37-32-12-6-5-11-31(32)26-18-24(29-9-3-1-7-27(29)22-13-15-33(35(40)41)38-20-22)17-25(19-26)30-10-4-2-8-28(30)23-14-16-34(36(42)43)39-21-23;31-27-11-5-3-9-25(27)21-15-20(16-22(17-21)26-10-4-6-12-28(26)32)24-8-2-1-7-23(24)19-13-14-29(30(34)35)33-18-19;9-6(10)5-2-1-4(3-8-5)7(11)12/h1-21H,(H,40,41)(H,42,43);1-18H,(H,34,35);1-3,11-12H,(H,9,10). The first-order valence-corrected chi connectivity index (χ1v) is 29.9. The first kappa shape index (κ1) is 62.7. The number of halogens is 3. The van der Waals surface area contributed by atoms with Gasteiger partial charge in [-0.3, -0.25) is 0 Å². The highest BCUT2D eigenvalue weighted by Crippen LogP contribution is 2.43. The summed E-state index contributed by atoms with van der Waals surface area (Å²) in [7, 11) is -1.61. The predicted molar refractivity (Wildman–Crippen MR) is 360 cm³/mol. The monoisotopic (exact) mass is 1380 g/mol. The molecule has 0 bridgehead atoms. The maximum atomic E-state index is 11.4. The van der Waals surface area contributed by atoms with E-state index < -0.39 is 31.0 Å². The zero-order valence-corrected chi connectivity index (χ0v) is 51.8. The largest absolute Gasteiger partial charge is 0.490 e. The zero-order valence-electron chi connectivity index (χ0n) is 47.1. The van der Waals surface area contributed by atoms with Gasteiger partial charge < -0.3 is 30.5 Å². The lowest BCUT2D eigenvalue weighted by atomic mass is 9.82. The van der Waals surface area contributed by atoms with Crippen molar-refractivity contribution in [3.05, 3.63) is 292 Å². The Morgan fingerprint density at radius 3 is 0.678 bits per heavy atom. The second kappa shape index (κ2) is 28.7. The van der Waals surface area contributed by atoms with Gasteiger partial charge in [0.05, 0.1) is 0 Å².